The number of hydrogen-bond acceptors (Lipinski definition) is 5. The van der Waals surface area contributed by atoms with Crippen LogP contribution in [-0.4, -0.2) is 47.4 Å². The molecule has 0 radical (unpaired) electrons. The molecule has 0 fully saturated rings. The zero-order valence-electron chi connectivity index (χ0n) is 39.9. The lowest BCUT2D eigenvalue weighted by Gasteiger charge is -2.20. The van der Waals surface area contributed by atoms with Crippen LogP contribution in [0.3, 0.4) is 0 Å². The summed E-state index contributed by atoms with van der Waals surface area (Å²) in [5, 5.41) is 23.1. The summed E-state index contributed by atoms with van der Waals surface area (Å²) in [5.74, 6) is -0.128. The Hall–Kier alpha value is -1.92. The van der Waals surface area contributed by atoms with E-state index in [1.165, 1.54) is 161 Å². The SMILES string of the molecule is CCCCC/C=C\CCCCCCCC(=O)OCCCCC/C=C\CCCCCCCC(=O)NC(CO)C(O)/C=C/CCCCCCCCCCCCCCCCCCC. The highest BCUT2D eigenvalue weighted by molar-refractivity contribution is 5.76. The Kier molecular flexibility index (Phi) is 48.1. The highest BCUT2D eigenvalue weighted by Crippen LogP contribution is 2.15. The second-order valence-corrected chi connectivity index (χ2v) is 17.8. The van der Waals surface area contributed by atoms with Gasteiger partial charge in [-0.1, -0.05) is 204 Å². The first kappa shape index (κ1) is 58.1. The van der Waals surface area contributed by atoms with Gasteiger partial charge in [-0.25, -0.2) is 0 Å². The lowest BCUT2D eigenvalue weighted by molar-refractivity contribution is -0.143. The molecule has 60 heavy (non-hydrogen) atoms. The first-order valence-electron chi connectivity index (χ1n) is 26.3. The summed E-state index contributed by atoms with van der Waals surface area (Å²) >= 11 is 0. The summed E-state index contributed by atoms with van der Waals surface area (Å²) in [4.78, 5) is 24.4. The predicted octanol–water partition coefficient (Wildman–Crippen LogP) is 15.7. The summed E-state index contributed by atoms with van der Waals surface area (Å²) in [6.07, 6.45) is 60.0. The fraction of sp³-hybridized carbons (Fsp3) is 0.852. The van der Waals surface area contributed by atoms with Crippen molar-refractivity contribution in [3.05, 3.63) is 36.5 Å². The Bertz CT molecular complexity index is 977. The molecule has 0 rings (SSSR count). The number of unbranched alkanes of at least 4 members (excludes halogenated alkanes) is 33. The van der Waals surface area contributed by atoms with Crippen molar-refractivity contribution >= 4 is 11.9 Å². The van der Waals surface area contributed by atoms with Crippen LogP contribution in [0.5, 0.6) is 0 Å². The molecule has 0 spiro atoms. The second-order valence-electron chi connectivity index (χ2n) is 17.8. The molecule has 6 heteroatoms. The van der Waals surface area contributed by atoms with Crippen LogP contribution in [-0.2, 0) is 14.3 Å². The van der Waals surface area contributed by atoms with Crippen molar-refractivity contribution in [1.82, 2.24) is 5.32 Å². The fourth-order valence-corrected chi connectivity index (χ4v) is 7.80. The van der Waals surface area contributed by atoms with Crippen molar-refractivity contribution in [3.63, 3.8) is 0 Å². The van der Waals surface area contributed by atoms with Crippen LogP contribution in [0, 0.1) is 0 Å². The molecule has 0 aromatic rings. The lowest BCUT2D eigenvalue weighted by Crippen LogP contribution is -2.45. The zero-order valence-corrected chi connectivity index (χ0v) is 39.9. The third-order valence-electron chi connectivity index (χ3n) is 11.9. The number of aliphatic hydroxyl groups excluding tert-OH is 2. The minimum atomic E-state index is -0.861. The third-order valence-corrected chi connectivity index (χ3v) is 11.9. The number of carbonyl (C=O) groups excluding carboxylic acids is 2. The van der Waals surface area contributed by atoms with Crippen molar-refractivity contribution in [2.75, 3.05) is 13.2 Å². The molecule has 0 bridgehead atoms. The Morgan fingerprint density at radius 1 is 0.450 bits per heavy atom. The zero-order chi connectivity index (χ0) is 43.7. The van der Waals surface area contributed by atoms with Gasteiger partial charge in [-0.3, -0.25) is 9.59 Å². The molecule has 2 unspecified atom stereocenters. The summed E-state index contributed by atoms with van der Waals surface area (Å²) in [7, 11) is 0. The molecule has 0 saturated carbocycles. The number of amides is 1. The van der Waals surface area contributed by atoms with Crippen LogP contribution in [0.25, 0.3) is 0 Å². The van der Waals surface area contributed by atoms with E-state index in [0.29, 0.717) is 19.4 Å². The molecule has 0 aliphatic heterocycles. The maximum atomic E-state index is 12.4. The number of hydrogen-bond donors (Lipinski definition) is 3. The molecule has 6 nitrogen and oxygen atoms in total. The van der Waals surface area contributed by atoms with Gasteiger partial charge in [0.25, 0.3) is 0 Å². The molecular weight excluding hydrogens is 743 g/mol. The molecule has 0 aliphatic rings. The highest BCUT2D eigenvalue weighted by Gasteiger charge is 2.18. The van der Waals surface area contributed by atoms with Gasteiger partial charge in [-0.15, -0.1) is 0 Å². The van der Waals surface area contributed by atoms with E-state index in [0.717, 1.165) is 83.5 Å². The van der Waals surface area contributed by atoms with E-state index < -0.39 is 12.1 Å². The van der Waals surface area contributed by atoms with Gasteiger partial charge in [0.15, 0.2) is 0 Å². The summed E-state index contributed by atoms with van der Waals surface area (Å²) in [6, 6.07) is -0.647. The molecule has 352 valence electrons. The lowest BCUT2D eigenvalue weighted by atomic mass is 10.0. The Morgan fingerprint density at radius 2 is 0.783 bits per heavy atom. The molecule has 3 N–H and O–H groups in total. The van der Waals surface area contributed by atoms with Crippen molar-refractivity contribution in [1.29, 1.82) is 0 Å². The van der Waals surface area contributed by atoms with E-state index in [2.05, 4.69) is 43.5 Å². The first-order chi connectivity index (χ1) is 29.5. The van der Waals surface area contributed by atoms with E-state index in [1.807, 2.05) is 6.08 Å². The highest BCUT2D eigenvalue weighted by atomic mass is 16.5. The first-order valence-corrected chi connectivity index (χ1v) is 26.3. The van der Waals surface area contributed by atoms with Gasteiger partial charge in [-0.05, 0) is 89.9 Å². The molecule has 0 saturated heterocycles. The summed E-state index contributed by atoms with van der Waals surface area (Å²) in [5.41, 5.74) is 0. The average Bonchev–Trinajstić information content (AvgIpc) is 3.25. The van der Waals surface area contributed by atoms with E-state index in [1.54, 1.807) is 6.08 Å². The van der Waals surface area contributed by atoms with Crippen LogP contribution in [0.4, 0.5) is 0 Å². The number of rotatable bonds is 48. The average molecular weight is 844 g/mol. The van der Waals surface area contributed by atoms with Gasteiger partial charge in [0, 0.05) is 12.8 Å². The molecule has 2 atom stereocenters. The predicted molar refractivity (Wildman–Crippen MR) is 259 cm³/mol. The minimum absolute atomic E-state index is 0.0348. The molecule has 1 amide bonds. The number of esters is 1. The molecule has 0 aliphatic carbocycles. The van der Waals surface area contributed by atoms with Crippen molar-refractivity contribution in [3.8, 4) is 0 Å². The van der Waals surface area contributed by atoms with Gasteiger partial charge in [0.1, 0.15) is 0 Å². The van der Waals surface area contributed by atoms with Crippen LogP contribution >= 0.6 is 0 Å². The maximum Gasteiger partial charge on any atom is 0.305 e. The molecule has 0 heterocycles. The van der Waals surface area contributed by atoms with Crippen LogP contribution in [0.2, 0.25) is 0 Å². The maximum absolute atomic E-state index is 12.4. The van der Waals surface area contributed by atoms with Crippen molar-refractivity contribution in [2.24, 2.45) is 0 Å². The standard InChI is InChI=1S/C54H101NO5/c1-3-5-7-9-11-13-15-17-18-19-20-21-22-23-26-30-34-38-42-46-52(57)51(50-56)55-53(58)47-43-39-35-31-27-24-25-29-33-37-41-45-49-60-54(59)48-44-40-36-32-28-16-14-12-10-8-6-4-2/h12,14,25,29,42,46,51-52,56-57H,3-11,13,15-24,26-28,30-41,43-45,47-50H2,1-2H3,(H,55,58)/b14-12-,29-25-,46-42+. The topological polar surface area (TPSA) is 95.9 Å². The number of allylic oxidation sites excluding steroid dienone is 5. The van der Waals surface area contributed by atoms with Gasteiger partial charge < -0.3 is 20.3 Å². The second kappa shape index (κ2) is 49.7. The van der Waals surface area contributed by atoms with E-state index in [-0.39, 0.29) is 18.5 Å². The van der Waals surface area contributed by atoms with E-state index in [4.69, 9.17) is 4.74 Å². The van der Waals surface area contributed by atoms with Crippen LogP contribution < -0.4 is 5.32 Å². The molecule has 0 aromatic carbocycles. The quantitative estimate of drug-likeness (QED) is 0.0322. The monoisotopic (exact) mass is 844 g/mol. The number of ether oxygens (including phenoxy) is 1. The van der Waals surface area contributed by atoms with Gasteiger partial charge in [-0.2, -0.15) is 0 Å². The summed E-state index contributed by atoms with van der Waals surface area (Å²) in [6.45, 7) is 4.82. The Morgan fingerprint density at radius 3 is 1.22 bits per heavy atom. The van der Waals surface area contributed by atoms with Gasteiger partial charge in [0.05, 0.1) is 25.4 Å². The number of aliphatic hydroxyl groups is 2. The Balaban J connectivity index is 3.56. The number of nitrogens with one attached hydrogen (secondary N) is 1. The molecular formula is C54H101NO5. The van der Waals surface area contributed by atoms with E-state index in [9.17, 15) is 19.8 Å². The Labute approximate surface area is 373 Å². The van der Waals surface area contributed by atoms with E-state index >= 15 is 0 Å². The normalized spacial score (nSPS) is 12.9. The van der Waals surface area contributed by atoms with Gasteiger partial charge >= 0.3 is 5.97 Å². The third kappa shape index (κ3) is 45.6. The van der Waals surface area contributed by atoms with Gasteiger partial charge in [0.2, 0.25) is 5.91 Å². The fourth-order valence-electron chi connectivity index (χ4n) is 7.80. The minimum Gasteiger partial charge on any atom is -0.466 e. The smallest absolute Gasteiger partial charge is 0.305 e. The summed E-state index contributed by atoms with van der Waals surface area (Å²) < 4.78 is 5.42. The van der Waals surface area contributed by atoms with Crippen molar-refractivity contribution < 1.29 is 24.5 Å². The van der Waals surface area contributed by atoms with Crippen LogP contribution in [0.1, 0.15) is 271 Å². The number of carbonyl (C=O) groups is 2. The van der Waals surface area contributed by atoms with Crippen molar-refractivity contribution in [2.45, 2.75) is 283 Å². The molecule has 0 aromatic heterocycles. The van der Waals surface area contributed by atoms with Crippen LogP contribution in [0.15, 0.2) is 36.5 Å². The largest absolute Gasteiger partial charge is 0.466 e.